The van der Waals surface area contributed by atoms with Crippen molar-refractivity contribution in [3.63, 3.8) is 0 Å². The fraction of sp³-hybridized carbons (Fsp3) is 0.0476. The third kappa shape index (κ3) is 5.86. The molecule has 1 N–H and O–H groups in total. The summed E-state index contributed by atoms with van der Waals surface area (Å²) in [7, 11) is -4.16. The maximum atomic E-state index is 13.2. The second kappa shape index (κ2) is 10.4. The molecule has 0 radical (unpaired) electrons. The number of non-ortho nitro benzene ring substituents is 1. The number of rotatable bonds is 8. The minimum atomic E-state index is -4.16. The van der Waals surface area contributed by atoms with Crippen LogP contribution in [0.1, 0.15) is 5.56 Å². The van der Waals surface area contributed by atoms with Gasteiger partial charge in [-0.05, 0) is 36.4 Å². The number of hydrazone groups is 1. The zero-order valence-electron chi connectivity index (χ0n) is 16.8. The van der Waals surface area contributed by atoms with Crippen LogP contribution in [0.4, 0.5) is 11.4 Å². The van der Waals surface area contributed by atoms with Crippen LogP contribution < -0.4 is 9.73 Å². The van der Waals surface area contributed by atoms with Crippen LogP contribution in [0.25, 0.3) is 0 Å². The van der Waals surface area contributed by atoms with Crippen LogP contribution in [-0.2, 0) is 14.8 Å². The smallest absolute Gasteiger partial charge is 0.269 e. The number of carbonyl (C=O) groups is 1. The molecule has 9 nitrogen and oxygen atoms in total. The Bertz CT molecular complexity index is 1280. The van der Waals surface area contributed by atoms with Crippen molar-refractivity contribution < 1.29 is 18.1 Å². The lowest BCUT2D eigenvalue weighted by Crippen LogP contribution is -2.39. The van der Waals surface area contributed by atoms with Gasteiger partial charge in [0, 0.05) is 17.7 Å². The van der Waals surface area contributed by atoms with Crippen molar-refractivity contribution >= 4 is 56.7 Å². The highest BCUT2D eigenvalue weighted by Gasteiger charge is 2.27. The summed E-state index contributed by atoms with van der Waals surface area (Å²) >= 11 is 12.1. The highest BCUT2D eigenvalue weighted by Crippen LogP contribution is 2.26. The number of nitrogens with one attached hydrogen (secondary N) is 1. The number of carbonyl (C=O) groups excluding carboxylic acids is 1. The number of hydrogen-bond donors (Lipinski definition) is 1. The van der Waals surface area contributed by atoms with E-state index in [1.54, 1.807) is 36.4 Å². The molecule has 3 rings (SSSR count). The highest BCUT2D eigenvalue weighted by atomic mass is 35.5. The van der Waals surface area contributed by atoms with Gasteiger partial charge in [0.05, 0.1) is 31.8 Å². The van der Waals surface area contributed by atoms with Crippen molar-refractivity contribution in [3.8, 4) is 0 Å². The van der Waals surface area contributed by atoms with Crippen molar-refractivity contribution in [2.75, 3.05) is 10.8 Å². The number of halogens is 2. The molecule has 3 aromatic rings. The van der Waals surface area contributed by atoms with Crippen molar-refractivity contribution in [1.29, 1.82) is 0 Å². The largest absolute Gasteiger partial charge is 0.271 e. The number of hydrogen-bond acceptors (Lipinski definition) is 6. The van der Waals surface area contributed by atoms with Gasteiger partial charge in [0.1, 0.15) is 6.54 Å². The van der Waals surface area contributed by atoms with E-state index >= 15 is 0 Å². The van der Waals surface area contributed by atoms with E-state index in [2.05, 4.69) is 10.5 Å². The Hall–Kier alpha value is -3.47. The van der Waals surface area contributed by atoms with E-state index in [0.29, 0.717) is 15.6 Å². The molecule has 0 fully saturated rings. The molecular weight excluding hydrogens is 491 g/mol. The summed E-state index contributed by atoms with van der Waals surface area (Å²) in [5.74, 6) is -0.757. The van der Waals surface area contributed by atoms with Crippen LogP contribution in [0.3, 0.4) is 0 Å². The summed E-state index contributed by atoms with van der Waals surface area (Å²) < 4.78 is 27.3. The molecule has 0 aliphatic carbocycles. The van der Waals surface area contributed by atoms with Gasteiger partial charge in [-0.1, -0.05) is 47.5 Å². The summed E-state index contributed by atoms with van der Waals surface area (Å²) in [6.07, 6.45) is 1.24. The van der Waals surface area contributed by atoms with Gasteiger partial charge in [0.15, 0.2) is 0 Å². The van der Waals surface area contributed by atoms with E-state index < -0.39 is 27.4 Å². The number of nitro benzene ring substituents is 1. The standard InChI is InChI=1S/C21H16Cl2N4O5S/c22-19-7-4-8-20(23)18(19)13-24-25-21(28)14-26(15-9-11-16(12-10-15)27(29)30)33(31,32)17-5-2-1-3-6-17/h1-13H,14H2,(H,25,28)/b24-13-. The number of anilines is 1. The van der Waals surface area contributed by atoms with Crippen molar-refractivity contribution in [1.82, 2.24) is 5.43 Å². The average molecular weight is 507 g/mol. The van der Waals surface area contributed by atoms with Crippen LogP contribution in [0.2, 0.25) is 10.0 Å². The quantitative estimate of drug-likeness (QED) is 0.278. The van der Waals surface area contributed by atoms with E-state index in [1.807, 2.05) is 0 Å². The van der Waals surface area contributed by atoms with E-state index in [-0.39, 0.29) is 16.3 Å². The number of sulfonamides is 1. The predicted octanol–water partition coefficient (Wildman–Crippen LogP) is 4.25. The summed E-state index contributed by atoms with van der Waals surface area (Å²) in [5, 5.41) is 15.4. The first-order chi connectivity index (χ1) is 15.7. The van der Waals surface area contributed by atoms with E-state index in [1.165, 1.54) is 30.5 Å². The Kier molecular flexibility index (Phi) is 7.64. The van der Waals surface area contributed by atoms with Crippen molar-refractivity contribution in [3.05, 3.63) is 98.5 Å². The Labute approximate surface area is 199 Å². The lowest BCUT2D eigenvalue weighted by molar-refractivity contribution is -0.384. The Balaban J connectivity index is 1.87. The van der Waals surface area contributed by atoms with Crippen LogP contribution >= 0.6 is 23.2 Å². The lowest BCUT2D eigenvalue weighted by atomic mass is 10.2. The van der Waals surface area contributed by atoms with Crippen LogP contribution in [-0.4, -0.2) is 32.0 Å². The summed E-state index contributed by atoms with van der Waals surface area (Å²) in [4.78, 5) is 22.8. The average Bonchev–Trinajstić information content (AvgIpc) is 2.80. The molecule has 1 amide bonds. The van der Waals surface area contributed by atoms with Gasteiger partial charge in [-0.15, -0.1) is 0 Å². The molecule has 0 bridgehead atoms. The molecule has 0 atom stereocenters. The Morgan fingerprint density at radius 3 is 2.18 bits per heavy atom. The molecule has 0 saturated carbocycles. The molecule has 0 saturated heterocycles. The van der Waals surface area contributed by atoms with Crippen LogP contribution in [0.15, 0.2) is 82.8 Å². The van der Waals surface area contributed by atoms with Crippen LogP contribution in [0, 0.1) is 10.1 Å². The molecular formula is C21H16Cl2N4O5S. The summed E-state index contributed by atoms with van der Waals surface area (Å²) in [6.45, 7) is -0.636. The first-order valence-corrected chi connectivity index (χ1v) is 11.5. The van der Waals surface area contributed by atoms with E-state index in [0.717, 1.165) is 16.4 Å². The van der Waals surface area contributed by atoms with Crippen molar-refractivity contribution in [2.45, 2.75) is 4.90 Å². The normalized spacial score (nSPS) is 11.3. The SMILES string of the molecule is O=C(CN(c1ccc([N+](=O)[O-])cc1)S(=O)(=O)c1ccccc1)N/N=C\c1c(Cl)cccc1Cl. The number of nitro groups is 1. The van der Waals surface area contributed by atoms with Gasteiger partial charge in [0.2, 0.25) is 0 Å². The van der Waals surface area contributed by atoms with Gasteiger partial charge in [-0.2, -0.15) is 5.10 Å². The topological polar surface area (TPSA) is 122 Å². The highest BCUT2D eigenvalue weighted by molar-refractivity contribution is 7.92. The molecule has 3 aromatic carbocycles. The molecule has 0 aliphatic rings. The van der Waals surface area contributed by atoms with Crippen LogP contribution in [0.5, 0.6) is 0 Å². The Morgan fingerprint density at radius 2 is 1.61 bits per heavy atom. The number of benzene rings is 3. The fourth-order valence-electron chi connectivity index (χ4n) is 2.74. The zero-order valence-corrected chi connectivity index (χ0v) is 19.1. The molecule has 0 spiro atoms. The van der Waals surface area contributed by atoms with E-state index in [9.17, 15) is 23.3 Å². The third-order valence-electron chi connectivity index (χ3n) is 4.35. The molecule has 0 unspecified atom stereocenters. The van der Waals surface area contributed by atoms with E-state index in [4.69, 9.17) is 23.2 Å². The molecule has 33 heavy (non-hydrogen) atoms. The molecule has 0 aromatic heterocycles. The molecule has 12 heteroatoms. The fourth-order valence-corrected chi connectivity index (χ4v) is 4.68. The third-order valence-corrected chi connectivity index (χ3v) is 6.80. The first kappa shape index (κ1) is 24.2. The van der Waals surface area contributed by atoms with Crippen molar-refractivity contribution in [2.24, 2.45) is 5.10 Å². The first-order valence-electron chi connectivity index (χ1n) is 9.28. The lowest BCUT2D eigenvalue weighted by Gasteiger charge is -2.23. The summed E-state index contributed by atoms with van der Waals surface area (Å²) in [6, 6.07) is 17.1. The molecule has 0 heterocycles. The monoisotopic (exact) mass is 506 g/mol. The maximum Gasteiger partial charge on any atom is 0.269 e. The maximum absolute atomic E-state index is 13.2. The molecule has 0 aliphatic heterocycles. The molecule has 170 valence electrons. The second-order valence-electron chi connectivity index (χ2n) is 6.53. The number of amides is 1. The predicted molar refractivity (Wildman–Crippen MR) is 126 cm³/mol. The minimum absolute atomic E-state index is 0.0532. The van der Waals surface area contributed by atoms with Gasteiger partial charge in [0.25, 0.3) is 21.6 Å². The minimum Gasteiger partial charge on any atom is -0.271 e. The Morgan fingerprint density at radius 1 is 1.00 bits per heavy atom. The second-order valence-corrected chi connectivity index (χ2v) is 9.20. The van der Waals surface area contributed by atoms with Gasteiger partial charge < -0.3 is 0 Å². The van der Waals surface area contributed by atoms with Gasteiger partial charge in [-0.3, -0.25) is 19.2 Å². The number of nitrogens with zero attached hydrogens (tertiary/aromatic N) is 3. The van der Waals surface area contributed by atoms with Gasteiger partial charge >= 0.3 is 0 Å². The summed E-state index contributed by atoms with van der Waals surface area (Å²) in [5.41, 5.74) is 2.46. The zero-order chi connectivity index (χ0) is 24.0. The van der Waals surface area contributed by atoms with Gasteiger partial charge in [-0.25, -0.2) is 13.8 Å².